The van der Waals surface area contributed by atoms with E-state index in [1.165, 1.54) is 4.68 Å². The Bertz CT molecular complexity index is 1010. The van der Waals surface area contributed by atoms with E-state index in [-0.39, 0.29) is 16.5 Å². The Balaban J connectivity index is 1.45. The van der Waals surface area contributed by atoms with Crippen LogP contribution in [0.25, 0.3) is 5.69 Å². The SMILES string of the molecule is O=C(Cc1cccs1)N1CCN(c2cnn(-c3ccccc3)c(=O)c2Cl)CC1. The molecular formula is C20H19ClN4O2S. The molecule has 1 saturated heterocycles. The number of para-hydroxylation sites is 1. The molecule has 0 unspecified atom stereocenters. The van der Waals surface area contributed by atoms with Crippen molar-refractivity contribution in [2.75, 3.05) is 31.1 Å². The van der Waals surface area contributed by atoms with Crippen LogP contribution in [-0.4, -0.2) is 46.8 Å². The zero-order valence-corrected chi connectivity index (χ0v) is 16.7. The number of anilines is 1. The van der Waals surface area contributed by atoms with E-state index in [1.54, 1.807) is 17.5 Å². The van der Waals surface area contributed by atoms with E-state index in [2.05, 4.69) is 5.10 Å². The van der Waals surface area contributed by atoms with Crippen molar-refractivity contribution in [2.45, 2.75) is 6.42 Å². The first-order valence-electron chi connectivity index (χ1n) is 9.02. The molecular weight excluding hydrogens is 396 g/mol. The van der Waals surface area contributed by atoms with Gasteiger partial charge in [0.2, 0.25) is 5.91 Å². The quantitative estimate of drug-likeness (QED) is 0.658. The zero-order valence-electron chi connectivity index (χ0n) is 15.1. The molecule has 0 N–H and O–H groups in total. The van der Waals surface area contributed by atoms with Crippen LogP contribution in [0.2, 0.25) is 5.02 Å². The van der Waals surface area contributed by atoms with Gasteiger partial charge in [0.25, 0.3) is 5.56 Å². The van der Waals surface area contributed by atoms with Crippen molar-refractivity contribution in [3.8, 4) is 5.69 Å². The molecule has 144 valence electrons. The Morgan fingerprint density at radius 2 is 1.82 bits per heavy atom. The topological polar surface area (TPSA) is 58.4 Å². The second-order valence-corrected chi connectivity index (χ2v) is 7.93. The van der Waals surface area contributed by atoms with Crippen molar-refractivity contribution in [3.05, 3.63) is 74.3 Å². The van der Waals surface area contributed by atoms with E-state index in [1.807, 2.05) is 57.6 Å². The summed E-state index contributed by atoms with van der Waals surface area (Å²) in [7, 11) is 0. The lowest BCUT2D eigenvalue weighted by Crippen LogP contribution is -2.49. The van der Waals surface area contributed by atoms with Crippen molar-refractivity contribution in [1.82, 2.24) is 14.7 Å². The lowest BCUT2D eigenvalue weighted by molar-refractivity contribution is -0.130. The van der Waals surface area contributed by atoms with Crippen LogP contribution < -0.4 is 10.5 Å². The van der Waals surface area contributed by atoms with Gasteiger partial charge in [-0.05, 0) is 23.6 Å². The minimum absolute atomic E-state index is 0.130. The molecule has 8 heteroatoms. The predicted octanol–water partition coefficient (Wildman–Crippen LogP) is 2.84. The standard InChI is InChI=1S/C20H19ClN4O2S/c21-19-17(14-22-25(20(19)27)15-5-2-1-3-6-15)23-8-10-24(11-9-23)18(26)13-16-7-4-12-28-16/h1-7,12,14H,8-11,13H2. The third-order valence-corrected chi connectivity index (χ3v) is 6.01. The highest BCUT2D eigenvalue weighted by molar-refractivity contribution is 7.10. The van der Waals surface area contributed by atoms with Crippen molar-refractivity contribution >= 4 is 34.5 Å². The van der Waals surface area contributed by atoms with Gasteiger partial charge in [-0.3, -0.25) is 9.59 Å². The average molecular weight is 415 g/mol. The first-order chi connectivity index (χ1) is 13.6. The number of nitrogens with zero attached hydrogens (tertiary/aromatic N) is 4. The molecule has 3 aromatic rings. The van der Waals surface area contributed by atoms with Gasteiger partial charge in [-0.25, -0.2) is 0 Å². The van der Waals surface area contributed by atoms with Gasteiger partial charge in [0.15, 0.2) is 0 Å². The maximum atomic E-state index is 12.7. The third-order valence-electron chi connectivity index (χ3n) is 4.78. The summed E-state index contributed by atoms with van der Waals surface area (Å²) in [5, 5.41) is 6.42. The summed E-state index contributed by atoms with van der Waals surface area (Å²) in [5.74, 6) is 0.130. The minimum atomic E-state index is -0.346. The van der Waals surface area contributed by atoms with Crippen LogP contribution in [0, 0.1) is 0 Å². The fourth-order valence-corrected chi connectivity index (χ4v) is 4.21. The van der Waals surface area contributed by atoms with Gasteiger partial charge in [-0.15, -0.1) is 11.3 Å². The summed E-state index contributed by atoms with van der Waals surface area (Å²) >= 11 is 7.98. The molecule has 0 saturated carbocycles. The van der Waals surface area contributed by atoms with E-state index in [0.717, 1.165) is 4.88 Å². The molecule has 6 nitrogen and oxygen atoms in total. The monoisotopic (exact) mass is 414 g/mol. The van der Waals surface area contributed by atoms with Crippen molar-refractivity contribution in [2.24, 2.45) is 0 Å². The highest BCUT2D eigenvalue weighted by Crippen LogP contribution is 2.23. The van der Waals surface area contributed by atoms with E-state index in [4.69, 9.17) is 11.6 Å². The van der Waals surface area contributed by atoms with E-state index in [9.17, 15) is 9.59 Å². The highest BCUT2D eigenvalue weighted by Gasteiger charge is 2.24. The Hall–Kier alpha value is -2.64. The van der Waals surface area contributed by atoms with Gasteiger partial charge in [0.05, 0.1) is 24.0 Å². The van der Waals surface area contributed by atoms with Gasteiger partial charge in [0, 0.05) is 31.1 Å². The second-order valence-electron chi connectivity index (χ2n) is 6.52. The molecule has 1 aliphatic rings. The van der Waals surface area contributed by atoms with Crippen LogP contribution in [0.1, 0.15) is 4.88 Å². The number of rotatable bonds is 4. The number of hydrogen-bond acceptors (Lipinski definition) is 5. The van der Waals surface area contributed by atoms with Gasteiger partial charge in [-0.1, -0.05) is 35.9 Å². The number of amides is 1. The molecule has 0 radical (unpaired) electrons. The zero-order chi connectivity index (χ0) is 19.5. The minimum Gasteiger partial charge on any atom is -0.365 e. The number of piperazine rings is 1. The molecule has 0 spiro atoms. The summed E-state index contributed by atoms with van der Waals surface area (Å²) in [4.78, 5) is 30.1. The highest BCUT2D eigenvalue weighted by atomic mass is 35.5. The Labute approximate surface area is 171 Å². The predicted molar refractivity (Wildman–Crippen MR) is 112 cm³/mol. The van der Waals surface area contributed by atoms with E-state index < -0.39 is 0 Å². The fraction of sp³-hybridized carbons (Fsp3) is 0.250. The molecule has 28 heavy (non-hydrogen) atoms. The number of carbonyl (C=O) groups is 1. The summed E-state index contributed by atoms with van der Waals surface area (Å²) in [5.41, 5.74) is 0.940. The van der Waals surface area contributed by atoms with Crippen LogP contribution in [0.4, 0.5) is 5.69 Å². The molecule has 2 aromatic heterocycles. The van der Waals surface area contributed by atoms with Gasteiger partial charge >= 0.3 is 0 Å². The van der Waals surface area contributed by atoms with Crippen molar-refractivity contribution in [3.63, 3.8) is 0 Å². The molecule has 1 aliphatic heterocycles. The maximum absolute atomic E-state index is 12.7. The Kier molecular flexibility index (Phi) is 5.45. The molecule has 1 fully saturated rings. The summed E-state index contributed by atoms with van der Waals surface area (Å²) in [6.45, 7) is 2.43. The lowest BCUT2D eigenvalue weighted by Gasteiger charge is -2.36. The number of aromatic nitrogens is 2. The van der Waals surface area contributed by atoms with Crippen LogP contribution in [0.5, 0.6) is 0 Å². The molecule has 0 aliphatic carbocycles. The maximum Gasteiger partial charge on any atom is 0.292 e. The first kappa shape index (κ1) is 18.7. The van der Waals surface area contributed by atoms with Gasteiger partial charge in [0.1, 0.15) is 5.02 Å². The summed E-state index contributed by atoms with van der Waals surface area (Å²) < 4.78 is 1.30. The van der Waals surface area contributed by atoms with Crippen molar-refractivity contribution < 1.29 is 4.79 Å². The number of thiophene rings is 1. The van der Waals surface area contributed by atoms with E-state index in [0.29, 0.717) is 44.0 Å². The molecule has 0 bridgehead atoms. The Morgan fingerprint density at radius 3 is 2.50 bits per heavy atom. The number of hydrogen-bond donors (Lipinski definition) is 0. The largest absolute Gasteiger partial charge is 0.365 e. The molecule has 0 atom stereocenters. The molecule has 4 rings (SSSR count). The fourth-order valence-electron chi connectivity index (χ4n) is 3.27. The van der Waals surface area contributed by atoms with Crippen LogP contribution in [-0.2, 0) is 11.2 Å². The first-order valence-corrected chi connectivity index (χ1v) is 10.3. The Morgan fingerprint density at radius 1 is 1.07 bits per heavy atom. The third kappa shape index (κ3) is 3.81. The lowest BCUT2D eigenvalue weighted by atomic mass is 10.2. The number of halogens is 1. The normalized spacial score (nSPS) is 14.3. The molecule has 1 aromatic carbocycles. The van der Waals surface area contributed by atoms with Crippen LogP contribution in [0.3, 0.4) is 0 Å². The summed E-state index contributed by atoms with van der Waals surface area (Å²) in [6, 6.07) is 13.1. The van der Waals surface area contributed by atoms with Crippen molar-refractivity contribution in [1.29, 1.82) is 0 Å². The van der Waals surface area contributed by atoms with Gasteiger partial charge in [-0.2, -0.15) is 9.78 Å². The smallest absolute Gasteiger partial charge is 0.292 e. The average Bonchev–Trinajstić information content (AvgIpc) is 3.24. The number of carbonyl (C=O) groups excluding carboxylic acids is 1. The van der Waals surface area contributed by atoms with Crippen LogP contribution in [0.15, 0.2) is 58.8 Å². The molecule has 1 amide bonds. The van der Waals surface area contributed by atoms with Gasteiger partial charge < -0.3 is 9.80 Å². The van der Waals surface area contributed by atoms with Crippen LogP contribution >= 0.6 is 22.9 Å². The second kappa shape index (κ2) is 8.16. The van der Waals surface area contributed by atoms with E-state index >= 15 is 0 Å². The summed E-state index contributed by atoms with van der Waals surface area (Å²) in [6.07, 6.45) is 2.06. The molecule has 3 heterocycles. The number of benzene rings is 1.